The largest absolute Gasteiger partial charge is 0.444 e. The third-order valence-corrected chi connectivity index (χ3v) is 15.2. The number of amides is 8. The molecule has 6 aliphatic rings. The van der Waals surface area contributed by atoms with Gasteiger partial charge in [-0.3, -0.25) is 43.6 Å². The molecular weight excluding hydrogens is 1120 g/mol. The number of imide groups is 2. The van der Waals surface area contributed by atoms with Crippen LogP contribution in [0.5, 0.6) is 0 Å². The number of hydrogen-bond donors (Lipinski definition) is 2. The zero-order valence-electron chi connectivity index (χ0n) is 45.2. The summed E-state index contributed by atoms with van der Waals surface area (Å²) in [6.45, 7) is 19.8. The maximum atomic E-state index is 12.8. The summed E-state index contributed by atoms with van der Waals surface area (Å²) in [5, 5.41) is 4.61. The van der Waals surface area contributed by atoms with Crippen LogP contribution >= 0.6 is 15.9 Å². The van der Waals surface area contributed by atoms with E-state index in [0.717, 1.165) is 39.6 Å². The monoisotopic (exact) mass is 1190 g/mol. The second-order valence-corrected chi connectivity index (χ2v) is 23.8. The Morgan fingerprint density at radius 1 is 0.610 bits per heavy atom. The molecule has 77 heavy (non-hydrogen) atoms. The van der Waals surface area contributed by atoms with Gasteiger partial charge in [0.2, 0.25) is 23.6 Å². The summed E-state index contributed by atoms with van der Waals surface area (Å²) in [4.78, 5) is 103. The molecule has 4 fully saturated rings. The predicted molar refractivity (Wildman–Crippen MR) is 284 cm³/mol. The zero-order valence-corrected chi connectivity index (χ0v) is 48.8. The summed E-state index contributed by atoms with van der Waals surface area (Å²) in [7, 11) is -3.78. The van der Waals surface area contributed by atoms with Crippen molar-refractivity contribution in [1.82, 2.24) is 30.2 Å². The van der Waals surface area contributed by atoms with Crippen LogP contribution in [-0.2, 0) is 73.1 Å². The number of carbonyl (C=O) groups is 8. The molecule has 3 aromatic rings. The normalized spacial score (nSPS) is 19.9. The minimum Gasteiger partial charge on any atom is -0.444 e. The first-order valence-electron chi connectivity index (χ1n) is 25.9. The van der Waals surface area contributed by atoms with Gasteiger partial charge in [-0.1, -0.05) is 59.6 Å². The maximum Gasteiger partial charge on any atom is 0.410 e. The molecule has 419 valence electrons. The van der Waals surface area contributed by atoms with Crippen LogP contribution in [0.15, 0.2) is 70.0 Å². The fourth-order valence-corrected chi connectivity index (χ4v) is 11.1. The van der Waals surface area contributed by atoms with E-state index in [-0.39, 0.29) is 76.5 Å². The van der Waals surface area contributed by atoms with Gasteiger partial charge in [-0.2, -0.15) is 8.42 Å². The van der Waals surface area contributed by atoms with Gasteiger partial charge < -0.3 is 29.1 Å². The molecule has 0 spiro atoms. The minimum absolute atomic E-state index is 0. The third kappa shape index (κ3) is 16.4. The van der Waals surface area contributed by atoms with Gasteiger partial charge in [0, 0.05) is 84.8 Å². The van der Waals surface area contributed by atoms with E-state index >= 15 is 0 Å². The molecule has 0 saturated carbocycles. The molecular formula is C55H71BrMnN6O13S. The van der Waals surface area contributed by atoms with Gasteiger partial charge in [0.05, 0.1) is 11.0 Å². The smallest absolute Gasteiger partial charge is 0.410 e. The van der Waals surface area contributed by atoms with E-state index in [9.17, 15) is 46.8 Å². The quantitative estimate of drug-likeness (QED) is 0.136. The summed E-state index contributed by atoms with van der Waals surface area (Å²) in [6, 6.07) is 16.8. The van der Waals surface area contributed by atoms with Crippen LogP contribution in [0.3, 0.4) is 0 Å². The van der Waals surface area contributed by atoms with Crippen molar-refractivity contribution in [2.45, 2.75) is 167 Å². The molecule has 0 bridgehead atoms. The molecule has 1 radical (unpaired) electrons. The first-order chi connectivity index (χ1) is 35.7. The summed E-state index contributed by atoms with van der Waals surface area (Å²) in [5.41, 5.74) is 4.17. The molecule has 2 unspecified atom stereocenters. The first kappa shape index (κ1) is 62.2. The van der Waals surface area contributed by atoms with Crippen LogP contribution in [0.4, 0.5) is 9.59 Å². The van der Waals surface area contributed by atoms with E-state index in [2.05, 4.69) is 32.6 Å². The number of aryl methyl sites for hydroxylation is 1. The number of hydrogen-bond acceptors (Lipinski definition) is 13. The van der Waals surface area contributed by atoms with Gasteiger partial charge in [-0.05, 0) is 146 Å². The summed E-state index contributed by atoms with van der Waals surface area (Å²) >= 11 is 3.37. The summed E-state index contributed by atoms with van der Waals surface area (Å²) in [6.07, 6.45) is 2.81. The molecule has 0 aliphatic carbocycles. The number of fused-ring (bicyclic) bond motifs is 2. The van der Waals surface area contributed by atoms with E-state index in [1.807, 2.05) is 86.6 Å². The number of likely N-dealkylation sites (tertiary alicyclic amines) is 2. The van der Waals surface area contributed by atoms with Crippen molar-refractivity contribution in [1.29, 1.82) is 0 Å². The Hall–Kier alpha value is -5.67. The molecule has 6 aliphatic heterocycles. The second kappa shape index (κ2) is 26.3. The Bertz CT molecular complexity index is 2800. The van der Waals surface area contributed by atoms with Crippen LogP contribution in [0, 0.1) is 6.92 Å². The maximum absolute atomic E-state index is 12.8. The fraction of sp³-hybridized carbons (Fsp3) is 0.527. The van der Waals surface area contributed by atoms with Crippen molar-refractivity contribution < 1.29 is 77.5 Å². The number of rotatable bonds is 6. The molecule has 19 nitrogen and oxygen atoms in total. The van der Waals surface area contributed by atoms with Crippen molar-refractivity contribution >= 4 is 73.7 Å². The van der Waals surface area contributed by atoms with Crippen LogP contribution in [0.1, 0.15) is 156 Å². The zero-order chi connectivity index (χ0) is 55.9. The fourth-order valence-electron chi connectivity index (χ4n) is 9.51. The Morgan fingerprint density at radius 2 is 1.04 bits per heavy atom. The molecule has 2 atom stereocenters. The molecule has 6 heterocycles. The van der Waals surface area contributed by atoms with Gasteiger partial charge in [0.15, 0.2) is 0 Å². The van der Waals surface area contributed by atoms with Crippen molar-refractivity contribution in [2.75, 3.05) is 26.2 Å². The summed E-state index contributed by atoms with van der Waals surface area (Å²) < 4.78 is 41.6. The number of carbonyl (C=O) groups excluding carboxylic acids is 8. The van der Waals surface area contributed by atoms with Crippen molar-refractivity contribution in [3.8, 4) is 0 Å². The number of piperidine rings is 4. The van der Waals surface area contributed by atoms with Gasteiger partial charge in [0.25, 0.3) is 21.9 Å². The minimum atomic E-state index is -3.78. The molecule has 8 amide bonds. The number of benzene rings is 3. The molecule has 3 aromatic carbocycles. The number of nitrogens with zero attached hydrogens (tertiary/aromatic N) is 4. The van der Waals surface area contributed by atoms with Gasteiger partial charge in [-0.25, -0.2) is 9.59 Å². The Kier molecular flexibility index (Phi) is 21.3. The SMILES string of the molecule is CC.CC(C)(C)OC(=O)N1CCC(c2ccc3c(c2)CN(C2CCC(=O)NC2=O)C3=O)CC1.Cc1ccc(S(=O)(=O)OC2CCN(C(=O)OC(C)(C)C)CC2)cc1.O=C1CCC(N2Cc3cc(Br)ccc3C2=O)C(=O)N1.[Mn]. The molecule has 22 heteroatoms. The topological polar surface area (TPSA) is 235 Å². The summed E-state index contributed by atoms with van der Waals surface area (Å²) in [5.74, 6) is -1.32. The van der Waals surface area contributed by atoms with E-state index in [0.29, 0.717) is 82.0 Å². The standard InChI is InChI=1S/C23H29N3O5.C17H25NO5S.C13H11BrN2O3.C2H6.Mn/c1-23(2,3)31-22(30)25-10-8-14(9-11-25)15-4-5-17-16(12-15)13-26(21(17)29)18-6-7-19(27)24-20(18)28;1-13-5-7-15(8-6-13)24(20,21)23-14-9-11-18(12-10-14)16(19)22-17(2,3)4;14-8-1-2-9-7(5-8)6-16(13(9)19)10-3-4-11(17)15-12(10)18;1-2;/h4-5,12,14,18H,6-11,13H2,1-3H3,(H,24,27,28);5-8,14H,9-12H2,1-4H3;1-2,5,10H,3-4,6H2,(H,15,17,18);1-2H3;. The number of nitrogens with one attached hydrogen (secondary N) is 2. The van der Waals surface area contributed by atoms with Gasteiger partial charge >= 0.3 is 12.2 Å². The average molecular weight is 1190 g/mol. The van der Waals surface area contributed by atoms with Gasteiger partial charge in [0.1, 0.15) is 23.3 Å². The third-order valence-electron chi connectivity index (χ3n) is 13.3. The number of halogens is 1. The van der Waals surface area contributed by atoms with Crippen molar-refractivity contribution in [3.63, 3.8) is 0 Å². The van der Waals surface area contributed by atoms with E-state index in [4.69, 9.17) is 13.7 Å². The van der Waals surface area contributed by atoms with Crippen LogP contribution in [0.25, 0.3) is 0 Å². The van der Waals surface area contributed by atoms with Gasteiger partial charge in [-0.15, -0.1) is 0 Å². The molecule has 9 rings (SSSR count). The second-order valence-electron chi connectivity index (χ2n) is 21.3. The Labute approximate surface area is 470 Å². The molecule has 4 saturated heterocycles. The molecule has 0 aromatic heterocycles. The van der Waals surface area contributed by atoms with Crippen LogP contribution < -0.4 is 10.6 Å². The van der Waals surface area contributed by atoms with Crippen LogP contribution in [0.2, 0.25) is 0 Å². The van der Waals surface area contributed by atoms with E-state index in [1.54, 1.807) is 49.9 Å². The molecule has 2 N–H and O–H groups in total. The number of ether oxygens (including phenoxy) is 2. The Balaban J connectivity index is 0.000000214. The predicted octanol–water partition coefficient (Wildman–Crippen LogP) is 7.90. The average Bonchev–Trinajstić information content (AvgIpc) is 3.86. The van der Waals surface area contributed by atoms with Crippen molar-refractivity contribution in [3.05, 3.63) is 98.5 Å². The Morgan fingerprint density at radius 3 is 1.48 bits per heavy atom. The first-order valence-corrected chi connectivity index (χ1v) is 28.1. The van der Waals surface area contributed by atoms with E-state index in [1.165, 1.54) is 0 Å². The van der Waals surface area contributed by atoms with Crippen molar-refractivity contribution in [2.24, 2.45) is 0 Å². The van der Waals surface area contributed by atoms with E-state index < -0.39 is 45.4 Å². The van der Waals surface area contributed by atoms with Crippen LogP contribution in [-0.4, -0.2) is 131 Å².